The van der Waals surface area contributed by atoms with E-state index < -0.39 is 21.1 Å². The van der Waals surface area contributed by atoms with Crippen molar-refractivity contribution in [3.8, 4) is 0 Å². The van der Waals surface area contributed by atoms with Crippen LogP contribution in [0, 0.1) is 0 Å². The number of carbonyl (C=O) groups excluding carboxylic acids is 1. The summed E-state index contributed by atoms with van der Waals surface area (Å²) in [5.41, 5.74) is 0.314. The Balaban J connectivity index is 4.23. The highest BCUT2D eigenvalue weighted by atomic mass is 28.4. The van der Waals surface area contributed by atoms with Gasteiger partial charge in [0.15, 0.2) is 0 Å². The Labute approximate surface area is 103 Å². The molecule has 1 unspecified atom stereocenters. The monoisotopic (exact) mass is 264 g/mol. The van der Waals surface area contributed by atoms with E-state index in [4.69, 9.17) is 18.0 Å². The number of hydrogen-bond acceptors (Lipinski definition) is 6. The Bertz CT molecular complexity index is 264. The number of carbonyl (C=O) groups is 1. The van der Waals surface area contributed by atoms with E-state index in [-0.39, 0.29) is 6.61 Å². The van der Waals surface area contributed by atoms with Gasteiger partial charge in [0.1, 0.15) is 6.10 Å². The zero-order chi connectivity index (χ0) is 13.5. The summed E-state index contributed by atoms with van der Waals surface area (Å²) in [6, 6.07) is 0. The third-order valence-corrected chi connectivity index (χ3v) is 3.61. The Kier molecular flexibility index (Phi) is 7.24. The van der Waals surface area contributed by atoms with Crippen molar-refractivity contribution in [3.05, 3.63) is 12.2 Å². The molecule has 100 valence electrons. The van der Waals surface area contributed by atoms with Gasteiger partial charge in [-0.2, -0.15) is 0 Å². The van der Waals surface area contributed by atoms with Crippen LogP contribution in [0.2, 0.25) is 0 Å². The summed E-state index contributed by atoms with van der Waals surface area (Å²) in [5, 5.41) is 0. The molecule has 0 rings (SSSR count). The van der Waals surface area contributed by atoms with Crippen LogP contribution in [0.4, 0.5) is 0 Å². The molecule has 0 amide bonds. The van der Waals surface area contributed by atoms with Gasteiger partial charge in [0.05, 0.1) is 6.61 Å². The van der Waals surface area contributed by atoms with Gasteiger partial charge in [-0.1, -0.05) is 13.5 Å². The summed E-state index contributed by atoms with van der Waals surface area (Å²) in [5.74, 6) is -0.486. The second kappa shape index (κ2) is 7.57. The minimum atomic E-state index is -3.57. The molecular formula is C10H20O6Si. The molecule has 1 N–H and O–H groups in total. The molecule has 0 heterocycles. The predicted molar refractivity (Wildman–Crippen MR) is 62.9 cm³/mol. The third kappa shape index (κ3) is 5.94. The van der Waals surface area contributed by atoms with Crippen LogP contribution in [-0.2, 0) is 22.8 Å². The standard InChI is InChI=1S/C10H20O6Si/c1-6-9(16-10(11)8(2)3)7-15-17(12,13-4)14-5/h9,12H,2,6-7H2,1,3-5H3. The molecule has 0 aromatic heterocycles. The Morgan fingerprint density at radius 1 is 1.41 bits per heavy atom. The second-order valence-electron chi connectivity index (χ2n) is 3.46. The molecule has 0 saturated carbocycles. The fourth-order valence-corrected chi connectivity index (χ4v) is 1.69. The molecule has 0 aliphatic heterocycles. The van der Waals surface area contributed by atoms with Crippen molar-refractivity contribution in [2.45, 2.75) is 26.4 Å². The molecule has 0 fully saturated rings. The molecule has 0 aliphatic carbocycles. The largest absolute Gasteiger partial charge is 0.676 e. The first-order valence-corrected chi connectivity index (χ1v) is 6.88. The van der Waals surface area contributed by atoms with Crippen molar-refractivity contribution in [1.29, 1.82) is 0 Å². The van der Waals surface area contributed by atoms with Crippen LogP contribution in [0.3, 0.4) is 0 Å². The fraction of sp³-hybridized carbons (Fsp3) is 0.700. The second-order valence-corrected chi connectivity index (χ2v) is 5.61. The first-order chi connectivity index (χ1) is 7.88. The molecule has 17 heavy (non-hydrogen) atoms. The molecular weight excluding hydrogens is 244 g/mol. The Morgan fingerprint density at radius 2 is 1.94 bits per heavy atom. The minimum absolute atomic E-state index is 0.0138. The normalized spacial score (nSPS) is 13.2. The van der Waals surface area contributed by atoms with E-state index in [0.717, 1.165) is 0 Å². The van der Waals surface area contributed by atoms with Crippen molar-refractivity contribution in [3.63, 3.8) is 0 Å². The zero-order valence-corrected chi connectivity index (χ0v) is 11.7. The summed E-state index contributed by atoms with van der Waals surface area (Å²) in [6.07, 6.45) is 0.0836. The lowest BCUT2D eigenvalue weighted by atomic mass is 10.3. The maximum Gasteiger partial charge on any atom is 0.676 e. The summed E-state index contributed by atoms with van der Waals surface area (Å²) in [6.45, 7) is 6.89. The average Bonchev–Trinajstić information content (AvgIpc) is 2.33. The molecule has 0 aromatic rings. The van der Waals surface area contributed by atoms with E-state index in [1.807, 2.05) is 6.92 Å². The highest BCUT2D eigenvalue weighted by Gasteiger charge is 2.39. The number of rotatable bonds is 8. The van der Waals surface area contributed by atoms with Gasteiger partial charge in [0.25, 0.3) is 0 Å². The van der Waals surface area contributed by atoms with Crippen LogP contribution in [0.15, 0.2) is 12.2 Å². The van der Waals surface area contributed by atoms with Gasteiger partial charge in [-0.05, 0) is 13.3 Å². The Morgan fingerprint density at radius 3 is 2.29 bits per heavy atom. The van der Waals surface area contributed by atoms with Crippen LogP contribution in [-0.4, -0.2) is 46.7 Å². The number of esters is 1. The van der Waals surface area contributed by atoms with Crippen molar-refractivity contribution in [2.75, 3.05) is 20.8 Å². The molecule has 0 radical (unpaired) electrons. The van der Waals surface area contributed by atoms with Crippen LogP contribution in [0.1, 0.15) is 20.3 Å². The highest BCUT2D eigenvalue weighted by Crippen LogP contribution is 2.08. The van der Waals surface area contributed by atoms with Gasteiger partial charge in [0.2, 0.25) is 0 Å². The van der Waals surface area contributed by atoms with Gasteiger partial charge in [-0.15, -0.1) is 0 Å². The first-order valence-electron chi connectivity index (χ1n) is 5.21. The van der Waals surface area contributed by atoms with E-state index in [9.17, 15) is 9.59 Å². The Hall–Kier alpha value is -0.733. The summed E-state index contributed by atoms with van der Waals surface area (Å²) >= 11 is 0. The molecule has 0 aromatic carbocycles. The summed E-state index contributed by atoms with van der Waals surface area (Å²) in [4.78, 5) is 20.9. The highest BCUT2D eigenvalue weighted by molar-refractivity contribution is 6.51. The SMILES string of the molecule is C=C(C)C(=O)OC(CC)CO[Si](O)(OC)OC. The molecule has 7 heteroatoms. The van der Waals surface area contributed by atoms with E-state index in [2.05, 4.69) is 6.58 Å². The maximum absolute atomic E-state index is 11.3. The lowest BCUT2D eigenvalue weighted by Gasteiger charge is -2.22. The van der Waals surface area contributed by atoms with Crippen LogP contribution >= 0.6 is 0 Å². The lowest BCUT2D eigenvalue weighted by Crippen LogP contribution is -2.46. The number of ether oxygens (including phenoxy) is 1. The topological polar surface area (TPSA) is 74.2 Å². The zero-order valence-electron chi connectivity index (χ0n) is 10.7. The molecule has 0 spiro atoms. The van der Waals surface area contributed by atoms with E-state index >= 15 is 0 Å². The number of hydrogen-bond donors (Lipinski definition) is 1. The van der Waals surface area contributed by atoms with Crippen LogP contribution in [0.25, 0.3) is 0 Å². The van der Waals surface area contributed by atoms with Crippen molar-refractivity contribution in [2.24, 2.45) is 0 Å². The van der Waals surface area contributed by atoms with Gasteiger partial charge in [0, 0.05) is 19.8 Å². The fourth-order valence-electron chi connectivity index (χ4n) is 0.887. The maximum atomic E-state index is 11.3. The van der Waals surface area contributed by atoms with Crippen LogP contribution < -0.4 is 0 Å². The van der Waals surface area contributed by atoms with Crippen molar-refractivity contribution < 1.29 is 27.6 Å². The molecule has 0 bridgehead atoms. The molecule has 1 atom stereocenters. The van der Waals surface area contributed by atoms with E-state index in [1.54, 1.807) is 6.92 Å². The van der Waals surface area contributed by atoms with Gasteiger partial charge < -0.3 is 22.8 Å². The van der Waals surface area contributed by atoms with Gasteiger partial charge in [-0.25, -0.2) is 4.79 Å². The predicted octanol–water partition coefficient (Wildman–Crippen LogP) is 0.622. The molecule has 0 aliphatic rings. The smallest absolute Gasteiger partial charge is 0.457 e. The quantitative estimate of drug-likeness (QED) is 0.393. The molecule has 0 saturated heterocycles. The van der Waals surface area contributed by atoms with Crippen molar-refractivity contribution in [1.82, 2.24) is 0 Å². The van der Waals surface area contributed by atoms with E-state index in [1.165, 1.54) is 14.2 Å². The summed E-state index contributed by atoms with van der Waals surface area (Å²) in [7, 11) is -0.992. The van der Waals surface area contributed by atoms with Crippen LogP contribution in [0.5, 0.6) is 0 Å². The minimum Gasteiger partial charge on any atom is -0.457 e. The van der Waals surface area contributed by atoms with Crippen molar-refractivity contribution >= 4 is 15.0 Å². The van der Waals surface area contributed by atoms with Gasteiger partial charge in [-0.3, -0.25) is 0 Å². The molecule has 6 nitrogen and oxygen atoms in total. The summed E-state index contributed by atoms with van der Waals surface area (Å²) < 4.78 is 19.6. The first kappa shape index (κ1) is 16.3. The lowest BCUT2D eigenvalue weighted by molar-refractivity contribution is -0.147. The third-order valence-electron chi connectivity index (χ3n) is 2.05. The average molecular weight is 264 g/mol. The van der Waals surface area contributed by atoms with E-state index in [0.29, 0.717) is 12.0 Å². The van der Waals surface area contributed by atoms with Gasteiger partial charge >= 0.3 is 15.0 Å².